The number of allylic oxidation sites excluding steroid dienone is 1. The predicted octanol–water partition coefficient (Wildman–Crippen LogP) is 4.34. The second-order valence-electron chi connectivity index (χ2n) is 8.94. The van der Waals surface area contributed by atoms with Gasteiger partial charge in [0.05, 0.1) is 36.9 Å². The monoisotopic (exact) mass is 512 g/mol. The van der Waals surface area contributed by atoms with Crippen molar-refractivity contribution in [1.82, 2.24) is 10.2 Å². The minimum atomic E-state index is -0.758. The highest BCUT2D eigenvalue weighted by Crippen LogP contribution is 2.41. The molecule has 0 radical (unpaired) electrons. The molecule has 0 aliphatic carbocycles. The lowest BCUT2D eigenvalue weighted by Crippen LogP contribution is -2.37. The Morgan fingerprint density at radius 2 is 1.51 bits per heavy atom. The average molecular weight is 513 g/mol. The van der Waals surface area contributed by atoms with Gasteiger partial charge in [-0.15, -0.1) is 0 Å². The molecule has 0 fully saturated rings. The fourth-order valence-electron chi connectivity index (χ4n) is 4.40. The molecule has 0 spiro atoms. The molecular formula is C29H40N2O6. The molecule has 1 aromatic carbocycles. The van der Waals surface area contributed by atoms with E-state index in [0.29, 0.717) is 52.2 Å². The number of dihydropyridines is 1. The van der Waals surface area contributed by atoms with Crippen molar-refractivity contribution in [3.05, 3.63) is 63.5 Å². The summed E-state index contributed by atoms with van der Waals surface area (Å²) in [4.78, 5) is 41.3. The quantitative estimate of drug-likeness (QED) is 0.251. The van der Waals surface area contributed by atoms with Crippen LogP contribution in [-0.2, 0) is 28.6 Å². The van der Waals surface area contributed by atoms with Gasteiger partial charge in [0.25, 0.3) is 0 Å². The van der Waals surface area contributed by atoms with Crippen LogP contribution < -0.4 is 5.32 Å². The summed E-state index contributed by atoms with van der Waals surface area (Å²) < 4.78 is 16.2. The lowest BCUT2D eigenvalue weighted by Gasteiger charge is -2.33. The van der Waals surface area contributed by atoms with E-state index in [1.807, 2.05) is 50.2 Å². The Labute approximate surface area is 220 Å². The number of carbonyl (C=O) groups is 3. The number of esters is 3. The van der Waals surface area contributed by atoms with Gasteiger partial charge in [-0.2, -0.15) is 0 Å². The highest BCUT2D eigenvalue weighted by atomic mass is 16.5. The summed E-state index contributed by atoms with van der Waals surface area (Å²) in [5.41, 5.74) is 3.87. The normalized spacial score (nSPS) is 16.0. The summed E-state index contributed by atoms with van der Waals surface area (Å²) in [7, 11) is 3.80. The molecule has 8 heteroatoms. The van der Waals surface area contributed by atoms with Crippen molar-refractivity contribution in [2.24, 2.45) is 0 Å². The molecule has 37 heavy (non-hydrogen) atoms. The molecule has 0 amide bonds. The number of ether oxygens (including phenoxy) is 3. The first-order chi connectivity index (χ1) is 17.7. The topological polar surface area (TPSA) is 94.2 Å². The molecule has 1 aliphatic heterocycles. The fourth-order valence-corrected chi connectivity index (χ4v) is 4.40. The standard InChI is InChI=1S/C29H40N2O6/c1-8-14-21(27(32)35-9-2)17-20-15-12-13-16-22(20)25-24(28(33)36-10-3)19(5)30-23(18-31(6)7)26(25)29(34)37-11-4/h12-13,15-17,25,30H,8-11,14,18H2,1-7H3/b21-17+. The number of hydrogen-bond donors (Lipinski definition) is 1. The third-order valence-electron chi connectivity index (χ3n) is 5.80. The van der Waals surface area contributed by atoms with E-state index in [1.165, 1.54) is 0 Å². The van der Waals surface area contributed by atoms with Crippen LogP contribution in [0.1, 0.15) is 64.5 Å². The molecule has 2 rings (SSSR count). The first kappa shape index (κ1) is 29.8. The maximum absolute atomic E-state index is 13.4. The van der Waals surface area contributed by atoms with E-state index in [2.05, 4.69) is 5.32 Å². The van der Waals surface area contributed by atoms with Crippen molar-refractivity contribution in [2.75, 3.05) is 40.5 Å². The van der Waals surface area contributed by atoms with Crippen LogP contribution in [0.5, 0.6) is 0 Å². The van der Waals surface area contributed by atoms with Crippen molar-refractivity contribution in [3.63, 3.8) is 0 Å². The Kier molecular flexibility index (Phi) is 11.6. The number of benzene rings is 1. The molecule has 1 aliphatic rings. The van der Waals surface area contributed by atoms with Crippen molar-refractivity contribution in [1.29, 1.82) is 0 Å². The van der Waals surface area contributed by atoms with Crippen LogP contribution >= 0.6 is 0 Å². The van der Waals surface area contributed by atoms with Crippen molar-refractivity contribution < 1.29 is 28.6 Å². The van der Waals surface area contributed by atoms with Crippen LogP contribution in [0.15, 0.2) is 52.4 Å². The SMILES string of the molecule is CCC/C(=C\c1ccccc1C1C(C(=O)OCC)=C(C)NC(CN(C)C)=C1C(=O)OCC)C(=O)OCC. The number of nitrogens with one attached hydrogen (secondary N) is 1. The lowest BCUT2D eigenvalue weighted by molar-refractivity contribution is -0.140. The van der Waals surface area contributed by atoms with Gasteiger partial charge < -0.3 is 24.4 Å². The predicted molar refractivity (Wildman–Crippen MR) is 143 cm³/mol. The maximum atomic E-state index is 13.4. The molecule has 1 N–H and O–H groups in total. The number of hydrogen-bond acceptors (Lipinski definition) is 8. The number of carbonyl (C=O) groups excluding carboxylic acids is 3. The molecule has 1 heterocycles. The third kappa shape index (κ3) is 7.55. The Hall–Kier alpha value is -3.39. The maximum Gasteiger partial charge on any atom is 0.336 e. The number of nitrogens with zero attached hydrogens (tertiary/aromatic N) is 1. The van der Waals surface area contributed by atoms with E-state index in [-0.39, 0.29) is 25.8 Å². The van der Waals surface area contributed by atoms with Gasteiger partial charge in [0, 0.05) is 23.5 Å². The van der Waals surface area contributed by atoms with Gasteiger partial charge >= 0.3 is 17.9 Å². The van der Waals surface area contributed by atoms with Gasteiger partial charge in [0.1, 0.15) is 0 Å². The van der Waals surface area contributed by atoms with E-state index < -0.39 is 17.9 Å². The first-order valence-corrected chi connectivity index (χ1v) is 12.9. The fraction of sp³-hybridized carbons (Fsp3) is 0.483. The molecule has 202 valence electrons. The summed E-state index contributed by atoms with van der Waals surface area (Å²) in [5, 5.41) is 3.27. The summed E-state index contributed by atoms with van der Waals surface area (Å²) in [6, 6.07) is 7.46. The molecule has 0 saturated heterocycles. The minimum absolute atomic E-state index is 0.187. The van der Waals surface area contributed by atoms with Crippen LogP contribution in [0, 0.1) is 0 Å². The summed E-state index contributed by atoms with van der Waals surface area (Å²) in [6.45, 7) is 10.1. The summed E-state index contributed by atoms with van der Waals surface area (Å²) in [6.07, 6.45) is 3.09. The molecule has 8 nitrogen and oxygen atoms in total. The van der Waals surface area contributed by atoms with Crippen molar-refractivity contribution in [3.8, 4) is 0 Å². The summed E-state index contributed by atoms with van der Waals surface area (Å²) in [5.74, 6) is -2.16. The smallest absolute Gasteiger partial charge is 0.336 e. The largest absolute Gasteiger partial charge is 0.463 e. The van der Waals surface area contributed by atoms with Crippen molar-refractivity contribution in [2.45, 2.75) is 53.4 Å². The second-order valence-corrected chi connectivity index (χ2v) is 8.94. The lowest BCUT2D eigenvalue weighted by atomic mass is 9.78. The van der Waals surface area contributed by atoms with Gasteiger partial charge in [-0.05, 0) is 65.4 Å². The van der Waals surface area contributed by atoms with E-state index in [1.54, 1.807) is 33.8 Å². The van der Waals surface area contributed by atoms with Crippen LogP contribution in [0.3, 0.4) is 0 Å². The molecule has 0 bridgehead atoms. The van der Waals surface area contributed by atoms with Gasteiger partial charge in [0.2, 0.25) is 0 Å². The van der Waals surface area contributed by atoms with Gasteiger partial charge in [0.15, 0.2) is 0 Å². The Balaban J connectivity index is 2.87. The summed E-state index contributed by atoms with van der Waals surface area (Å²) >= 11 is 0. The Morgan fingerprint density at radius 1 is 0.919 bits per heavy atom. The van der Waals surface area contributed by atoms with Gasteiger partial charge in [-0.25, -0.2) is 14.4 Å². The zero-order valence-electron chi connectivity index (χ0n) is 23.1. The Morgan fingerprint density at radius 3 is 2.08 bits per heavy atom. The zero-order chi connectivity index (χ0) is 27.5. The van der Waals surface area contributed by atoms with Crippen molar-refractivity contribution >= 4 is 24.0 Å². The molecule has 1 unspecified atom stereocenters. The highest BCUT2D eigenvalue weighted by molar-refractivity contribution is 6.01. The van der Waals surface area contributed by atoms with Crippen LogP contribution in [0.4, 0.5) is 0 Å². The minimum Gasteiger partial charge on any atom is -0.463 e. The Bertz CT molecular complexity index is 1080. The zero-order valence-corrected chi connectivity index (χ0v) is 23.1. The van der Waals surface area contributed by atoms with E-state index in [0.717, 1.165) is 6.42 Å². The molecule has 1 atom stereocenters. The third-order valence-corrected chi connectivity index (χ3v) is 5.80. The molecule has 1 aromatic rings. The second kappa shape index (κ2) is 14.4. The van der Waals surface area contributed by atoms with Crippen LogP contribution in [0.25, 0.3) is 6.08 Å². The van der Waals surface area contributed by atoms with E-state index >= 15 is 0 Å². The van der Waals surface area contributed by atoms with Crippen LogP contribution in [-0.4, -0.2) is 63.3 Å². The highest BCUT2D eigenvalue weighted by Gasteiger charge is 2.39. The van der Waals surface area contributed by atoms with E-state index in [4.69, 9.17) is 14.2 Å². The average Bonchev–Trinajstić information content (AvgIpc) is 2.83. The van der Waals surface area contributed by atoms with Crippen LogP contribution in [0.2, 0.25) is 0 Å². The molecule has 0 aromatic heterocycles. The van der Waals surface area contributed by atoms with E-state index in [9.17, 15) is 14.4 Å². The first-order valence-electron chi connectivity index (χ1n) is 12.9. The molecule has 0 saturated carbocycles. The number of rotatable bonds is 12. The van der Waals surface area contributed by atoms with Gasteiger partial charge in [-0.3, -0.25) is 0 Å². The molecular weight excluding hydrogens is 472 g/mol. The van der Waals surface area contributed by atoms with Gasteiger partial charge in [-0.1, -0.05) is 37.6 Å². The number of likely N-dealkylation sites (N-methyl/N-ethyl adjacent to an activating group) is 1.